The van der Waals surface area contributed by atoms with Crippen LogP contribution in [0.15, 0.2) is 23.8 Å². The second kappa shape index (κ2) is 3.01. The maximum absolute atomic E-state index is 10.7. The van der Waals surface area contributed by atoms with E-state index in [1.807, 2.05) is 0 Å². The first-order valence-electron chi connectivity index (χ1n) is 3.08. The second-order valence-electron chi connectivity index (χ2n) is 2.11. The maximum atomic E-state index is 10.7. The molecule has 0 radical (unpaired) electrons. The van der Waals surface area contributed by atoms with Crippen LogP contribution in [0, 0.1) is 5.21 Å². The van der Waals surface area contributed by atoms with E-state index in [1.54, 1.807) is 0 Å². The van der Waals surface area contributed by atoms with Gasteiger partial charge in [-0.1, -0.05) is 6.08 Å². The van der Waals surface area contributed by atoms with Crippen molar-refractivity contribution in [3.8, 4) is 0 Å². The Morgan fingerprint density at radius 2 is 2.36 bits per heavy atom. The van der Waals surface area contributed by atoms with E-state index < -0.39 is 5.97 Å². The Kier molecular flexibility index (Phi) is 2.06. The Morgan fingerprint density at radius 3 is 3.00 bits per heavy atom. The van der Waals surface area contributed by atoms with Crippen LogP contribution < -0.4 is 0 Å². The van der Waals surface area contributed by atoms with E-state index in [4.69, 9.17) is 5.11 Å². The van der Waals surface area contributed by atoms with Crippen molar-refractivity contribution in [1.29, 1.82) is 0 Å². The van der Waals surface area contributed by atoms with Gasteiger partial charge in [-0.05, 0) is 6.08 Å². The molecule has 1 heterocycles. The number of rotatable bonds is 1. The van der Waals surface area contributed by atoms with Crippen LogP contribution in [0.2, 0.25) is 0 Å². The van der Waals surface area contributed by atoms with Crippen molar-refractivity contribution >= 4 is 12.2 Å². The van der Waals surface area contributed by atoms with Crippen LogP contribution in [-0.2, 0) is 4.79 Å². The molecule has 0 saturated heterocycles. The number of hydroxylamine groups is 1. The van der Waals surface area contributed by atoms with E-state index in [9.17, 15) is 10.0 Å². The minimum atomic E-state index is -1.05. The van der Waals surface area contributed by atoms with Crippen LogP contribution in [0.5, 0.6) is 0 Å². The molecule has 0 saturated carbocycles. The normalized spacial score (nSPS) is 16.7. The molecule has 0 atom stereocenters. The highest BCUT2D eigenvalue weighted by Crippen LogP contribution is 1.98. The van der Waals surface area contributed by atoms with Crippen LogP contribution in [0.1, 0.15) is 0 Å². The van der Waals surface area contributed by atoms with Crippen LogP contribution >= 0.6 is 0 Å². The van der Waals surface area contributed by atoms with Gasteiger partial charge in [0.1, 0.15) is 5.57 Å². The van der Waals surface area contributed by atoms with Gasteiger partial charge in [-0.15, -0.1) is 0 Å². The Bertz CT molecular complexity index is 263. The molecule has 0 aliphatic carbocycles. The van der Waals surface area contributed by atoms with Gasteiger partial charge in [0, 0.05) is 6.08 Å². The van der Waals surface area contributed by atoms with Gasteiger partial charge in [-0.25, -0.2) is 9.53 Å². The van der Waals surface area contributed by atoms with E-state index in [1.165, 1.54) is 24.4 Å². The van der Waals surface area contributed by atoms with Gasteiger partial charge in [0.2, 0.25) is 0 Å². The molecule has 0 amide bonds. The zero-order valence-corrected chi connectivity index (χ0v) is 5.73. The summed E-state index contributed by atoms with van der Waals surface area (Å²) in [5.74, 6) is -1.05. The molecule has 58 valence electrons. The molecule has 0 aromatic rings. The maximum Gasteiger partial charge on any atom is 0.338 e. The third kappa shape index (κ3) is 1.93. The molecule has 4 nitrogen and oxygen atoms in total. The molecule has 4 heteroatoms. The van der Waals surface area contributed by atoms with Crippen molar-refractivity contribution in [2.75, 3.05) is 6.54 Å². The number of carboxylic acid groups (broad SMARTS) is 1. The quantitative estimate of drug-likeness (QED) is 0.430. The lowest BCUT2D eigenvalue weighted by Gasteiger charge is -2.00. The fraction of sp³-hybridized carbons (Fsp3) is 0.143. The predicted molar refractivity (Wildman–Crippen MR) is 39.4 cm³/mol. The van der Waals surface area contributed by atoms with Gasteiger partial charge in [0.05, 0.1) is 0 Å². The molecule has 0 bridgehead atoms. The standard InChI is InChI=1S/C7H7NO3/c9-7(10)6-3-1-2-4-8(11)5-6/h1-4H,5H2,(H,9,10). The molecule has 0 fully saturated rings. The first kappa shape index (κ1) is 7.53. The van der Waals surface area contributed by atoms with Gasteiger partial charge in [-0.3, -0.25) is 0 Å². The monoisotopic (exact) mass is 153 g/mol. The third-order valence-corrected chi connectivity index (χ3v) is 1.26. The molecule has 11 heavy (non-hydrogen) atoms. The van der Waals surface area contributed by atoms with Crippen molar-refractivity contribution in [2.24, 2.45) is 0 Å². The Hall–Kier alpha value is -1.58. The SMILES string of the molecule is O=C(O)C1=CC=CC=[N+]([O-])C1. The Labute approximate surface area is 63.4 Å². The second-order valence-corrected chi connectivity index (χ2v) is 2.11. The summed E-state index contributed by atoms with van der Waals surface area (Å²) in [5, 5.41) is 19.2. The molecule has 1 N–H and O–H groups in total. The largest absolute Gasteiger partial charge is 0.624 e. The summed E-state index contributed by atoms with van der Waals surface area (Å²) in [4.78, 5) is 10.4. The van der Waals surface area contributed by atoms with E-state index in [0.29, 0.717) is 4.74 Å². The summed E-state index contributed by atoms with van der Waals surface area (Å²) in [7, 11) is 0. The fourth-order valence-corrected chi connectivity index (χ4v) is 0.730. The lowest BCUT2D eigenvalue weighted by molar-refractivity contribution is -0.441. The van der Waals surface area contributed by atoms with Crippen molar-refractivity contribution < 1.29 is 14.6 Å². The molecular formula is C7H7NO3. The number of carbonyl (C=O) groups is 1. The Balaban J connectivity index is 2.85. The lowest BCUT2D eigenvalue weighted by Crippen LogP contribution is -2.13. The van der Waals surface area contributed by atoms with E-state index in [2.05, 4.69) is 0 Å². The summed E-state index contributed by atoms with van der Waals surface area (Å²) >= 11 is 0. The highest BCUT2D eigenvalue weighted by Gasteiger charge is 2.10. The number of hydrogen-bond acceptors (Lipinski definition) is 2. The minimum absolute atomic E-state index is 0.0949. The molecule has 0 aromatic heterocycles. The molecule has 0 aromatic carbocycles. The zero-order chi connectivity index (χ0) is 8.27. The first-order valence-corrected chi connectivity index (χ1v) is 3.08. The van der Waals surface area contributed by atoms with Crippen LogP contribution in [0.3, 0.4) is 0 Å². The third-order valence-electron chi connectivity index (χ3n) is 1.26. The van der Waals surface area contributed by atoms with Crippen LogP contribution in [0.25, 0.3) is 0 Å². The van der Waals surface area contributed by atoms with Gasteiger partial charge in [-0.2, -0.15) is 0 Å². The summed E-state index contributed by atoms with van der Waals surface area (Å²) in [6.07, 6.45) is 5.73. The van der Waals surface area contributed by atoms with Crippen LogP contribution in [-0.4, -0.2) is 28.6 Å². The van der Waals surface area contributed by atoms with Gasteiger partial charge < -0.3 is 10.3 Å². The van der Waals surface area contributed by atoms with E-state index in [-0.39, 0.29) is 12.1 Å². The molecule has 0 spiro atoms. The van der Waals surface area contributed by atoms with Crippen molar-refractivity contribution in [1.82, 2.24) is 0 Å². The summed E-state index contributed by atoms with van der Waals surface area (Å²) in [5.41, 5.74) is 0.102. The number of carboxylic acids is 1. The predicted octanol–water partition coefficient (Wildman–Crippen LogP) is 0.148. The average molecular weight is 153 g/mol. The molecule has 0 unspecified atom stereocenters. The van der Waals surface area contributed by atoms with Gasteiger partial charge in [0.25, 0.3) is 0 Å². The lowest BCUT2D eigenvalue weighted by atomic mass is 10.2. The van der Waals surface area contributed by atoms with E-state index >= 15 is 0 Å². The van der Waals surface area contributed by atoms with Crippen molar-refractivity contribution in [2.45, 2.75) is 0 Å². The fourth-order valence-electron chi connectivity index (χ4n) is 0.730. The summed E-state index contributed by atoms with van der Waals surface area (Å²) in [6.45, 7) is -0.0949. The van der Waals surface area contributed by atoms with Gasteiger partial charge in [0.15, 0.2) is 12.8 Å². The average Bonchev–Trinajstić information content (AvgIpc) is 2.13. The molecule has 1 aliphatic rings. The zero-order valence-electron chi connectivity index (χ0n) is 5.73. The van der Waals surface area contributed by atoms with Gasteiger partial charge >= 0.3 is 5.97 Å². The van der Waals surface area contributed by atoms with Crippen LogP contribution in [0.4, 0.5) is 0 Å². The number of nitrogens with zero attached hydrogens (tertiary/aromatic N) is 1. The Morgan fingerprint density at radius 1 is 1.64 bits per heavy atom. The number of allylic oxidation sites excluding steroid dienone is 3. The number of hydrogen-bond donors (Lipinski definition) is 1. The topological polar surface area (TPSA) is 63.4 Å². The minimum Gasteiger partial charge on any atom is -0.624 e. The molecular weight excluding hydrogens is 146 g/mol. The van der Waals surface area contributed by atoms with Crippen molar-refractivity contribution in [3.05, 3.63) is 29.0 Å². The smallest absolute Gasteiger partial charge is 0.338 e. The number of aliphatic carboxylic acids is 1. The molecule has 1 rings (SSSR count). The highest BCUT2D eigenvalue weighted by atomic mass is 16.5. The van der Waals surface area contributed by atoms with Crippen molar-refractivity contribution in [3.63, 3.8) is 0 Å². The summed E-state index contributed by atoms with van der Waals surface area (Å²) in [6, 6.07) is 0. The highest BCUT2D eigenvalue weighted by molar-refractivity contribution is 5.87. The van der Waals surface area contributed by atoms with E-state index in [0.717, 1.165) is 0 Å². The summed E-state index contributed by atoms with van der Waals surface area (Å²) < 4.78 is 0.573. The first-order chi connectivity index (χ1) is 5.20. The molecule has 1 aliphatic heterocycles.